The quantitative estimate of drug-likeness (QED) is 0.703. The molecule has 86 valence electrons. The Bertz CT molecular complexity index is 665. The highest BCUT2D eigenvalue weighted by molar-refractivity contribution is 5.71. The van der Waals surface area contributed by atoms with Crippen molar-refractivity contribution in [3.63, 3.8) is 0 Å². The monoisotopic (exact) mass is 228 g/mol. The van der Waals surface area contributed by atoms with Crippen molar-refractivity contribution in [2.75, 3.05) is 5.73 Å². The molecule has 0 aliphatic rings. The molecule has 0 saturated heterocycles. The van der Waals surface area contributed by atoms with Gasteiger partial charge in [-0.25, -0.2) is 9.97 Å². The van der Waals surface area contributed by atoms with Crippen molar-refractivity contribution in [1.29, 1.82) is 0 Å². The van der Waals surface area contributed by atoms with Gasteiger partial charge in [-0.05, 0) is 12.1 Å². The minimum absolute atomic E-state index is 0.587. The van der Waals surface area contributed by atoms with Crippen molar-refractivity contribution >= 4 is 16.9 Å². The van der Waals surface area contributed by atoms with E-state index in [4.69, 9.17) is 5.73 Å². The van der Waals surface area contributed by atoms with Crippen LogP contribution in [0.3, 0.4) is 0 Å². The van der Waals surface area contributed by atoms with Gasteiger partial charge in [0.1, 0.15) is 5.82 Å². The Hall–Kier alpha value is -2.37. The summed E-state index contributed by atoms with van der Waals surface area (Å²) >= 11 is 0. The maximum atomic E-state index is 5.62. The molecule has 0 saturated carbocycles. The highest BCUT2D eigenvalue weighted by Gasteiger charge is 2.08. The Balaban J connectivity index is 2.03. The standard InChI is InChI=1S/C11H12N6/c1-16-9-3-2-4-13-11(9)15-10(16)7-17-6-8(12)5-14-17/h2-6H,7,12H2,1H3. The number of hydrogen-bond acceptors (Lipinski definition) is 4. The van der Waals surface area contributed by atoms with Crippen LogP contribution >= 0.6 is 0 Å². The molecule has 6 nitrogen and oxygen atoms in total. The third kappa shape index (κ3) is 1.63. The van der Waals surface area contributed by atoms with Crippen molar-refractivity contribution < 1.29 is 0 Å². The normalized spacial score (nSPS) is 11.1. The molecule has 3 rings (SSSR count). The van der Waals surface area contributed by atoms with E-state index < -0.39 is 0 Å². The predicted molar refractivity (Wildman–Crippen MR) is 64.3 cm³/mol. The molecule has 17 heavy (non-hydrogen) atoms. The fourth-order valence-electron chi connectivity index (χ4n) is 1.83. The molecule has 6 heteroatoms. The first-order chi connectivity index (χ1) is 8.24. The molecule has 0 unspecified atom stereocenters. The Morgan fingerprint density at radius 3 is 3.00 bits per heavy atom. The number of imidazole rings is 1. The zero-order chi connectivity index (χ0) is 11.8. The Morgan fingerprint density at radius 1 is 1.41 bits per heavy atom. The number of aryl methyl sites for hydroxylation is 1. The SMILES string of the molecule is Cn1c(Cn2cc(N)cn2)nc2ncccc21. The second kappa shape index (κ2) is 3.58. The van der Waals surface area contributed by atoms with Gasteiger partial charge in [0.15, 0.2) is 5.65 Å². The minimum Gasteiger partial charge on any atom is -0.396 e. The molecule has 0 bridgehead atoms. The molecule has 3 aromatic heterocycles. The molecular formula is C11H12N6. The molecule has 3 aromatic rings. The molecule has 0 aliphatic heterocycles. The first-order valence-corrected chi connectivity index (χ1v) is 5.28. The average molecular weight is 228 g/mol. The molecule has 2 N–H and O–H groups in total. The van der Waals surface area contributed by atoms with Gasteiger partial charge >= 0.3 is 0 Å². The van der Waals surface area contributed by atoms with E-state index in [-0.39, 0.29) is 0 Å². The van der Waals surface area contributed by atoms with Gasteiger partial charge in [0.05, 0.1) is 23.9 Å². The summed E-state index contributed by atoms with van der Waals surface area (Å²) < 4.78 is 3.77. The number of nitrogen functional groups attached to an aromatic ring is 1. The average Bonchev–Trinajstić information content (AvgIpc) is 2.86. The molecule has 0 atom stereocenters. The van der Waals surface area contributed by atoms with Gasteiger partial charge in [0.2, 0.25) is 0 Å². The third-order valence-corrected chi connectivity index (χ3v) is 2.71. The lowest BCUT2D eigenvalue weighted by atomic mass is 10.4. The van der Waals surface area contributed by atoms with Gasteiger partial charge in [-0.3, -0.25) is 4.68 Å². The largest absolute Gasteiger partial charge is 0.396 e. The summed E-state index contributed by atoms with van der Waals surface area (Å²) in [6, 6.07) is 3.90. The molecule has 0 spiro atoms. The van der Waals surface area contributed by atoms with E-state index in [9.17, 15) is 0 Å². The Labute approximate surface area is 97.7 Å². The van der Waals surface area contributed by atoms with Crippen LogP contribution < -0.4 is 5.73 Å². The molecule has 0 amide bonds. The molecular weight excluding hydrogens is 216 g/mol. The summed E-state index contributed by atoms with van der Waals surface area (Å²) in [5.41, 5.74) is 8.05. The topological polar surface area (TPSA) is 74.5 Å². The van der Waals surface area contributed by atoms with E-state index in [2.05, 4.69) is 15.1 Å². The molecule has 0 aliphatic carbocycles. The van der Waals surface area contributed by atoms with Crippen LogP contribution in [0.25, 0.3) is 11.2 Å². The highest BCUT2D eigenvalue weighted by Crippen LogP contribution is 2.12. The maximum absolute atomic E-state index is 5.62. The first-order valence-electron chi connectivity index (χ1n) is 5.28. The van der Waals surface area contributed by atoms with Crippen molar-refractivity contribution in [2.24, 2.45) is 7.05 Å². The molecule has 0 aromatic carbocycles. The number of anilines is 1. The molecule has 3 heterocycles. The number of hydrogen-bond donors (Lipinski definition) is 1. The number of fused-ring (bicyclic) bond motifs is 1. The Kier molecular flexibility index (Phi) is 2.07. The summed E-state index contributed by atoms with van der Waals surface area (Å²) in [7, 11) is 1.97. The van der Waals surface area contributed by atoms with Gasteiger partial charge in [0.25, 0.3) is 0 Å². The predicted octanol–water partition coefficient (Wildman–Crippen LogP) is 0.795. The van der Waals surface area contributed by atoms with Gasteiger partial charge in [-0.2, -0.15) is 5.10 Å². The van der Waals surface area contributed by atoms with Gasteiger partial charge < -0.3 is 10.3 Å². The van der Waals surface area contributed by atoms with Gasteiger partial charge in [0, 0.05) is 19.4 Å². The van der Waals surface area contributed by atoms with E-state index in [0.717, 1.165) is 17.0 Å². The minimum atomic E-state index is 0.587. The fraction of sp³-hybridized carbons (Fsp3) is 0.182. The summed E-state index contributed by atoms with van der Waals surface area (Å²) in [4.78, 5) is 8.69. The van der Waals surface area contributed by atoms with Crippen molar-refractivity contribution in [2.45, 2.75) is 6.54 Å². The van der Waals surface area contributed by atoms with Crippen LogP contribution in [0.5, 0.6) is 0 Å². The molecule has 0 radical (unpaired) electrons. The zero-order valence-corrected chi connectivity index (χ0v) is 9.41. The smallest absolute Gasteiger partial charge is 0.177 e. The van der Waals surface area contributed by atoms with Crippen LogP contribution in [0.4, 0.5) is 5.69 Å². The van der Waals surface area contributed by atoms with E-state index >= 15 is 0 Å². The van der Waals surface area contributed by atoms with E-state index in [0.29, 0.717) is 12.2 Å². The second-order valence-corrected chi connectivity index (χ2v) is 3.90. The van der Waals surface area contributed by atoms with Crippen LogP contribution in [-0.2, 0) is 13.6 Å². The van der Waals surface area contributed by atoms with Crippen LogP contribution in [0, 0.1) is 0 Å². The number of rotatable bonds is 2. The lowest BCUT2D eigenvalue weighted by Gasteiger charge is -2.01. The number of nitrogens with two attached hydrogens (primary N) is 1. The fourth-order valence-corrected chi connectivity index (χ4v) is 1.83. The second-order valence-electron chi connectivity index (χ2n) is 3.90. The van der Waals surface area contributed by atoms with E-state index in [1.54, 1.807) is 23.3 Å². The van der Waals surface area contributed by atoms with E-state index in [1.165, 1.54) is 0 Å². The Morgan fingerprint density at radius 2 is 2.29 bits per heavy atom. The van der Waals surface area contributed by atoms with Crippen LogP contribution in [0.2, 0.25) is 0 Å². The summed E-state index contributed by atoms with van der Waals surface area (Å²) in [6.45, 7) is 0.587. The van der Waals surface area contributed by atoms with Crippen molar-refractivity contribution in [3.05, 3.63) is 36.5 Å². The molecule has 0 fully saturated rings. The lowest BCUT2D eigenvalue weighted by Crippen LogP contribution is -2.06. The van der Waals surface area contributed by atoms with Crippen LogP contribution in [0.15, 0.2) is 30.7 Å². The third-order valence-electron chi connectivity index (χ3n) is 2.71. The highest BCUT2D eigenvalue weighted by atomic mass is 15.3. The maximum Gasteiger partial charge on any atom is 0.177 e. The first kappa shape index (κ1) is 9.83. The van der Waals surface area contributed by atoms with Crippen molar-refractivity contribution in [1.82, 2.24) is 24.3 Å². The summed E-state index contributed by atoms with van der Waals surface area (Å²) in [6.07, 6.45) is 5.15. The number of nitrogens with zero attached hydrogens (tertiary/aromatic N) is 5. The number of pyridine rings is 1. The van der Waals surface area contributed by atoms with Crippen LogP contribution in [0.1, 0.15) is 5.82 Å². The lowest BCUT2D eigenvalue weighted by molar-refractivity contribution is 0.636. The van der Waals surface area contributed by atoms with E-state index in [1.807, 2.05) is 23.7 Å². The number of aromatic nitrogens is 5. The van der Waals surface area contributed by atoms with Crippen LogP contribution in [-0.4, -0.2) is 24.3 Å². The van der Waals surface area contributed by atoms with Gasteiger partial charge in [-0.1, -0.05) is 0 Å². The van der Waals surface area contributed by atoms with Crippen molar-refractivity contribution in [3.8, 4) is 0 Å². The van der Waals surface area contributed by atoms with Gasteiger partial charge in [-0.15, -0.1) is 0 Å². The summed E-state index contributed by atoms with van der Waals surface area (Å²) in [5, 5.41) is 4.14. The summed E-state index contributed by atoms with van der Waals surface area (Å²) in [5.74, 6) is 0.904. The zero-order valence-electron chi connectivity index (χ0n) is 9.41.